The number of nitriles is 1. The van der Waals surface area contributed by atoms with Crippen LogP contribution in [0.3, 0.4) is 0 Å². The summed E-state index contributed by atoms with van der Waals surface area (Å²) in [6.45, 7) is 5.11. The summed E-state index contributed by atoms with van der Waals surface area (Å²) in [4.78, 5) is 0. The highest BCUT2D eigenvalue weighted by molar-refractivity contribution is 5.35. The number of rotatable bonds is 7. The van der Waals surface area contributed by atoms with Gasteiger partial charge in [-0.25, -0.2) is 0 Å². The van der Waals surface area contributed by atoms with Crippen molar-refractivity contribution >= 4 is 0 Å². The molecule has 92 valence electrons. The van der Waals surface area contributed by atoms with E-state index in [1.54, 1.807) is 0 Å². The molecule has 1 aromatic rings. The van der Waals surface area contributed by atoms with Crippen LogP contribution in [0.2, 0.25) is 0 Å². The number of ether oxygens (including phenoxy) is 1. The Balaban J connectivity index is 2.50. The fourth-order valence-electron chi connectivity index (χ4n) is 1.73. The molecule has 0 aromatic heterocycles. The van der Waals surface area contributed by atoms with Gasteiger partial charge in [0.25, 0.3) is 0 Å². The molecule has 0 aliphatic carbocycles. The molecule has 0 aliphatic heterocycles. The Hall–Kier alpha value is -1.49. The number of benzene rings is 1. The van der Waals surface area contributed by atoms with Crippen LogP contribution in [0.25, 0.3) is 0 Å². The second-order valence-electron chi connectivity index (χ2n) is 4.31. The van der Waals surface area contributed by atoms with Crippen molar-refractivity contribution in [3.8, 4) is 11.8 Å². The van der Waals surface area contributed by atoms with Gasteiger partial charge in [-0.15, -0.1) is 0 Å². The Kier molecular flexibility index (Phi) is 6.17. The normalized spacial score (nSPS) is 11.8. The molecule has 0 fully saturated rings. The number of hydrogen-bond acceptors (Lipinski definition) is 2. The van der Waals surface area contributed by atoms with Crippen molar-refractivity contribution < 1.29 is 4.74 Å². The summed E-state index contributed by atoms with van der Waals surface area (Å²) in [5.41, 5.74) is 1.29. The molecular formula is C15H21NO. The molecule has 0 radical (unpaired) electrons. The molecule has 0 heterocycles. The van der Waals surface area contributed by atoms with Crippen molar-refractivity contribution in [2.45, 2.75) is 45.4 Å². The molecule has 0 saturated carbocycles. The minimum Gasteiger partial charge on any atom is -0.493 e. The number of nitrogens with zero attached hydrogens (tertiary/aromatic N) is 1. The van der Waals surface area contributed by atoms with Gasteiger partial charge >= 0.3 is 0 Å². The lowest BCUT2D eigenvalue weighted by Gasteiger charge is -2.15. The summed E-state index contributed by atoms with van der Waals surface area (Å²) >= 11 is 0. The molecule has 1 rings (SSSR count). The molecule has 1 aromatic carbocycles. The number of unbranched alkanes of at least 4 members (excludes halogenated alkanes) is 2. The fourth-order valence-corrected chi connectivity index (χ4v) is 1.73. The number of hydrogen-bond donors (Lipinski definition) is 0. The molecule has 1 atom stereocenters. The Morgan fingerprint density at radius 2 is 2.06 bits per heavy atom. The zero-order valence-electron chi connectivity index (χ0n) is 10.8. The Labute approximate surface area is 104 Å². The molecule has 1 unspecified atom stereocenters. The SMILES string of the molecule is CCC(C)c1ccccc1OCCCCC#N. The third-order valence-electron chi connectivity index (χ3n) is 3.00. The van der Waals surface area contributed by atoms with Crippen molar-refractivity contribution in [2.24, 2.45) is 0 Å². The van der Waals surface area contributed by atoms with Gasteiger partial charge < -0.3 is 4.74 Å². The molecule has 2 heteroatoms. The van der Waals surface area contributed by atoms with E-state index in [1.807, 2.05) is 12.1 Å². The molecule has 2 nitrogen and oxygen atoms in total. The van der Waals surface area contributed by atoms with E-state index in [1.165, 1.54) is 5.56 Å². The van der Waals surface area contributed by atoms with Crippen LogP contribution in [0.4, 0.5) is 0 Å². The first-order chi connectivity index (χ1) is 8.29. The van der Waals surface area contributed by atoms with Crippen molar-refractivity contribution in [1.82, 2.24) is 0 Å². The molecule has 0 bridgehead atoms. The predicted molar refractivity (Wildman–Crippen MR) is 70.1 cm³/mol. The van der Waals surface area contributed by atoms with Gasteiger partial charge in [0.05, 0.1) is 12.7 Å². The van der Waals surface area contributed by atoms with Crippen LogP contribution in [-0.2, 0) is 0 Å². The third kappa shape index (κ3) is 4.48. The van der Waals surface area contributed by atoms with Crippen LogP contribution < -0.4 is 4.74 Å². The summed E-state index contributed by atoms with van der Waals surface area (Å²) in [6, 6.07) is 10.4. The standard InChI is InChI=1S/C15H21NO/c1-3-13(2)14-9-5-6-10-15(14)17-12-8-4-7-11-16/h5-6,9-10,13H,3-4,7-8,12H2,1-2H3. The van der Waals surface area contributed by atoms with E-state index in [2.05, 4.69) is 32.0 Å². The van der Waals surface area contributed by atoms with Crippen molar-refractivity contribution in [2.75, 3.05) is 6.61 Å². The van der Waals surface area contributed by atoms with Gasteiger partial charge in [-0.3, -0.25) is 0 Å². The van der Waals surface area contributed by atoms with Gasteiger partial charge in [-0.05, 0) is 36.8 Å². The van der Waals surface area contributed by atoms with Crippen molar-refractivity contribution in [1.29, 1.82) is 5.26 Å². The first-order valence-corrected chi connectivity index (χ1v) is 6.38. The van der Waals surface area contributed by atoms with E-state index in [-0.39, 0.29) is 0 Å². The highest BCUT2D eigenvalue weighted by atomic mass is 16.5. The highest BCUT2D eigenvalue weighted by Gasteiger charge is 2.08. The van der Waals surface area contributed by atoms with Gasteiger partial charge in [0.15, 0.2) is 0 Å². The third-order valence-corrected chi connectivity index (χ3v) is 3.00. The fraction of sp³-hybridized carbons (Fsp3) is 0.533. The monoisotopic (exact) mass is 231 g/mol. The van der Waals surface area contributed by atoms with Gasteiger partial charge in [0.2, 0.25) is 0 Å². The minimum atomic E-state index is 0.533. The zero-order valence-corrected chi connectivity index (χ0v) is 10.8. The van der Waals surface area contributed by atoms with Crippen LogP contribution in [0.15, 0.2) is 24.3 Å². The second kappa shape index (κ2) is 7.73. The molecule has 0 amide bonds. The lowest BCUT2D eigenvalue weighted by atomic mass is 9.98. The Morgan fingerprint density at radius 3 is 2.76 bits per heavy atom. The smallest absolute Gasteiger partial charge is 0.122 e. The van der Waals surface area contributed by atoms with E-state index in [4.69, 9.17) is 10.00 Å². The molecular weight excluding hydrogens is 210 g/mol. The van der Waals surface area contributed by atoms with Crippen molar-refractivity contribution in [3.63, 3.8) is 0 Å². The Morgan fingerprint density at radius 1 is 1.29 bits per heavy atom. The van der Waals surface area contributed by atoms with Crippen LogP contribution >= 0.6 is 0 Å². The van der Waals surface area contributed by atoms with E-state index in [9.17, 15) is 0 Å². The average molecular weight is 231 g/mol. The Bertz CT molecular complexity index is 367. The van der Waals surface area contributed by atoms with Crippen molar-refractivity contribution in [3.05, 3.63) is 29.8 Å². The van der Waals surface area contributed by atoms with E-state index >= 15 is 0 Å². The maximum Gasteiger partial charge on any atom is 0.122 e. The number of para-hydroxylation sites is 1. The lowest BCUT2D eigenvalue weighted by molar-refractivity contribution is 0.303. The van der Waals surface area contributed by atoms with E-state index < -0.39 is 0 Å². The topological polar surface area (TPSA) is 33.0 Å². The first kappa shape index (κ1) is 13.6. The van der Waals surface area contributed by atoms with E-state index in [0.717, 1.165) is 25.0 Å². The van der Waals surface area contributed by atoms with Gasteiger partial charge in [-0.2, -0.15) is 5.26 Å². The average Bonchev–Trinajstić information content (AvgIpc) is 2.38. The zero-order chi connectivity index (χ0) is 12.5. The predicted octanol–water partition coefficient (Wildman–Crippen LogP) is 4.27. The van der Waals surface area contributed by atoms with Gasteiger partial charge in [0.1, 0.15) is 5.75 Å². The molecule has 0 N–H and O–H groups in total. The summed E-state index contributed by atoms with van der Waals surface area (Å²) in [7, 11) is 0. The molecule has 0 spiro atoms. The summed E-state index contributed by atoms with van der Waals surface area (Å²) in [5.74, 6) is 1.53. The summed E-state index contributed by atoms with van der Waals surface area (Å²) < 4.78 is 5.80. The largest absolute Gasteiger partial charge is 0.493 e. The minimum absolute atomic E-state index is 0.533. The van der Waals surface area contributed by atoms with Crippen LogP contribution in [0.1, 0.15) is 51.0 Å². The first-order valence-electron chi connectivity index (χ1n) is 6.38. The second-order valence-corrected chi connectivity index (χ2v) is 4.31. The van der Waals surface area contributed by atoms with Crippen LogP contribution in [0.5, 0.6) is 5.75 Å². The highest BCUT2D eigenvalue weighted by Crippen LogP contribution is 2.28. The van der Waals surface area contributed by atoms with E-state index in [0.29, 0.717) is 18.9 Å². The van der Waals surface area contributed by atoms with Crippen LogP contribution in [0, 0.1) is 11.3 Å². The lowest BCUT2D eigenvalue weighted by Crippen LogP contribution is -2.02. The molecule has 17 heavy (non-hydrogen) atoms. The maximum atomic E-state index is 8.44. The van der Waals surface area contributed by atoms with Crippen LogP contribution in [-0.4, -0.2) is 6.61 Å². The summed E-state index contributed by atoms with van der Waals surface area (Å²) in [6.07, 6.45) is 3.61. The molecule has 0 aliphatic rings. The quantitative estimate of drug-likeness (QED) is 0.656. The molecule has 0 saturated heterocycles. The maximum absolute atomic E-state index is 8.44. The summed E-state index contributed by atoms with van der Waals surface area (Å²) in [5, 5.41) is 8.44. The van der Waals surface area contributed by atoms with Gasteiger partial charge in [0, 0.05) is 6.42 Å². The van der Waals surface area contributed by atoms with Gasteiger partial charge in [-0.1, -0.05) is 32.0 Å².